The van der Waals surface area contributed by atoms with Crippen LogP contribution in [0.15, 0.2) is 30.3 Å². The zero-order valence-electron chi connectivity index (χ0n) is 16.5. The van der Waals surface area contributed by atoms with Crippen LogP contribution in [0, 0.1) is 18.3 Å². The van der Waals surface area contributed by atoms with Crippen molar-refractivity contribution < 1.29 is 4.79 Å². The van der Waals surface area contributed by atoms with E-state index >= 15 is 0 Å². The summed E-state index contributed by atoms with van der Waals surface area (Å²) in [4.78, 5) is 17.2. The van der Waals surface area contributed by atoms with Crippen LogP contribution in [0.25, 0.3) is 0 Å². The van der Waals surface area contributed by atoms with Crippen molar-refractivity contribution in [2.75, 3.05) is 7.05 Å². The molecule has 2 atom stereocenters. The Bertz CT molecular complexity index is 781. The first-order chi connectivity index (χ1) is 12.3. The van der Waals surface area contributed by atoms with E-state index in [0.29, 0.717) is 0 Å². The second kappa shape index (κ2) is 6.86. The van der Waals surface area contributed by atoms with Gasteiger partial charge in [-0.05, 0) is 37.2 Å². The fourth-order valence-electron chi connectivity index (χ4n) is 4.43. The molecule has 0 aliphatic heterocycles. The summed E-state index contributed by atoms with van der Waals surface area (Å²) in [6.45, 7) is 9.40. The van der Waals surface area contributed by atoms with Crippen LogP contribution in [0.4, 0.5) is 0 Å². The predicted octanol–water partition coefficient (Wildman–Crippen LogP) is 3.27. The van der Waals surface area contributed by atoms with E-state index in [0.717, 1.165) is 37.5 Å². The van der Waals surface area contributed by atoms with Gasteiger partial charge in [-0.2, -0.15) is 5.10 Å². The summed E-state index contributed by atoms with van der Waals surface area (Å²) in [6, 6.07) is 10.5. The zero-order chi connectivity index (χ0) is 18.9. The van der Waals surface area contributed by atoms with Crippen molar-refractivity contribution in [1.82, 2.24) is 20.1 Å². The lowest BCUT2D eigenvalue weighted by atomic mass is 9.65. The molecule has 1 aromatic carbocycles. The Balaban J connectivity index is 1.90. The fourth-order valence-corrected chi connectivity index (χ4v) is 4.43. The Morgan fingerprint density at radius 2 is 1.96 bits per heavy atom. The number of carbonyl (C=O) groups is 1. The number of aryl methyl sites for hydroxylation is 3. The molecule has 0 radical (unpaired) electrons. The fraction of sp³-hybridized carbons (Fsp3) is 0.571. The van der Waals surface area contributed by atoms with E-state index in [9.17, 15) is 4.79 Å². The Kier molecular flexibility index (Phi) is 4.91. The molecule has 1 saturated carbocycles. The molecule has 5 nitrogen and oxygen atoms in total. The van der Waals surface area contributed by atoms with E-state index < -0.39 is 0 Å². The lowest BCUT2D eigenvalue weighted by molar-refractivity contribution is -0.127. The van der Waals surface area contributed by atoms with Gasteiger partial charge in [-0.3, -0.25) is 4.79 Å². The first-order valence-electron chi connectivity index (χ1n) is 9.47. The van der Waals surface area contributed by atoms with E-state index in [-0.39, 0.29) is 22.7 Å². The standard InChI is InChI=1S/C21H30N4O/c1-15-23-19(25(24-15)14-12-16-9-7-6-8-10-16)21(4)13-11-17(18(26)22-5)20(21,2)3/h6-10,17H,11-14H2,1-5H3,(H,22,26)/t17-,21+/m1/s1. The Morgan fingerprint density at radius 3 is 2.62 bits per heavy atom. The number of hydrogen-bond donors (Lipinski definition) is 1. The lowest BCUT2D eigenvalue weighted by Gasteiger charge is -2.40. The first kappa shape index (κ1) is 18.6. The van der Waals surface area contributed by atoms with E-state index in [1.54, 1.807) is 7.05 Å². The van der Waals surface area contributed by atoms with Gasteiger partial charge in [0, 0.05) is 24.9 Å². The Morgan fingerprint density at radius 1 is 1.27 bits per heavy atom. The minimum Gasteiger partial charge on any atom is -0.359 e. The van der Waals surface area contributed by atoms with Crippen LogP contribution in [0.3, 0.4) is 0 Å². The molecule has 1 heterocycles. The average Bonchev–Trinajstić information content (AvgIpc) is 3.11. The number of nitrogens with one attached hydrogen (secondary N) is 1. The van der Waals surface area contributed by atoms with Crippen LogP contribution in [0.2, 0.25) is 0 Å². The summed E-state index contributed by atoms with van der Waals surface area (Å²) in [5, 5.41) is 7.51. The molecule has 1 aromatic heterocycles. The van der Waals surface area contributed by atoms with Gasteiger partial charge in [0.25, 0.3) is 0 Å². The zero-order valence-corrected chi connectivity index (χ0v) is 16.5. The lowest BCUT2D eigenvalue weighted by Crippen LogP contribution is -2.44. The van der Waals surface area contributed by atoms with E-state index in [4.69, 9.17) is 4.98 Å². The van der Waals surface area contributed by atoms with Crippen LogP contribution in [-0.2, 0) is 23.2 Å². The summed E-state index contributed by atoms with van der Waals surface area (Å²) in [6.07, 6.45) is 2.75. The molecule has 1 fully saturated rings. The molecule has 5 heteroatoms. The molecule has 2 aromatic rings. The highest BCUT2D eigenvalue weighted by Crippen LogP contribution is 2.56. The van der Waals surface area contributed by atoms with Crippen LogP contribution >= 0.6 is 0 Å². The monoisotopic (exact) mass is 354 g/mol. The van der Waals surface area contributed by atoms with Crippen molar-refractivity contribution in [3.05, 3.63) is 47.5 Å². The number of nitrogens with zero attached hydrogens (tertiary/aromatic N) is 3. The smallest absolute Gasteiger partial charge is 0.223 e. The quantitative estimate of drug-likeness (QED) is 0.896. The maximum absolute atomic E-state index is 12.4. The van der Waals surface area contributed by atoms with Gasteiger partial charge in [0.1, 0.15) is 11.6 Å². The van der Waals surface area contributed by atoms with Crippen molar-refractivity contribution in [3.63, 3.8) is 0 Å². The summed E-state index contributed by atoms with van der Waals surface area (Å²) < 4.78 is 2.07. The molecular formula is C21H30N4O. The summed E-state index contributed by atoms with van der Waals surface area (Å²) in [5.74, 6) is 1.94. The third kappa shape index (κ3) is 3.04. The van der Waals surface area contributed by atoms with Crippen molar-refractivity contribution in [2.45, 2.75) is 58.9 Å². The molecule has 0 unspecified atom stereocenters. The molecule has 1 N–H and O–H groups in total. The number of hydrogen-bond acceptors (Lipinski definition) is 3. The van der Waals surface area contributed by atoms with Crippen LogP contribution in [-0.4, -0.2) is 27.7 Å². The Hall–Kier alpha value is -2.17. The first-order valence-corrected chi connectivity index (χ1v) is 9.47. The van der Waals surface area contributed by atoms with Crippen molar-refractivity contribution >= 4 is 5.91 Å². The molecule has 1 aliphatic carbocycles. The molecule has 0 bridgehead atoms. The maximum atomic E-state index is 12.4. The minimum atomic E-state index is -0.183. The van der Waals surface area contributed by atoms with Gasteiger partial charge in [-0.15, -0.1) is 0 Å². The second-order valence-electron chi connectivity index (χ2n) is 8.20. The highest BCUT2D eigenvalue weighted by molar-refractivity contribution is 5.80. The summed E-state index contributed by atoms with van der Waals surface area (Å²) >= 11 is 0. The average molecular weight is 354 g/mol. The van der Waals surface area contributed by atoms with E-state index in [1.807, 2.05) is 13.0 Å². The van der Waals surface area contributed by atoms with Gasteiger partial charge < -0.3 is 5.32 Å². The Labute approximate surface area is 156 Å². The molecule has 26 heavy (non-hydrogen) atoms. The second-order valence-corrected chi connectivity index (χ2v) is 8.20. The van der Waals surface area contributed by atoms with E-state index in [1.165, 1.54) is 5.56 Å². The molecular weight excluding hydrogens is 324 g/mol. The van der Waals surface area contributed by atoms with Crippen molar-refractivity contribution in [3.8, 4) is 0 Å². The molecule has 0 spiro atoms. The van der Waals surface area contributed by atoms with Crippen LogP contribution in [0.1, 0.15) is 50.8 Å². The summed E-state index contributed by atoms with van der Waals surface area (Å²) in [5.41, 5.74) is 0.935. The van der Waals surface area contributed by atoms with Gasteiger partial charge in [0.2, 0.25) is 5.91 Å². The maximum Gasteiger partial charge on any atom is 0.223 e. The van der Waals surface area contributed by atoms with Crippen LogP contribution in [0.5, 0.6) is 0 Å². The van der Waals surface area contributed by atoms with Crippen molar-refractivity contribution in [2.24, 2.45) is 11.3 Å². The van der Waals surface area contributed by atoms with Gasteiger partial charge in [-0.25, -0.2) is 9.67 Å². The van der Waals surface area contributed by atoms with Crippen molar-refractivity contribution in [1.29, 1.82) is 0 Å². The minimum absolute atomic E-state index is 0.00270. The van der Waals surface area contributed by atoms with Gasteiger partial charge >= 0.3 is 0 Å². The van der Waals surface area contributed by atoms with Gasteiger partial charge in [0.15, 0.2) is 0 Å². The normalized spacial score (nSPS) is 24.6. The predicted molar refractivity (Wildman–Crippen MR) is 103 cm³/mol. The molecule has 1 aliphatic rings. The number of carbonyl (C=O) groups excluding carboxylic acids is 1. The highest BCUT2D eigenvalue weighted by atomic mass is 16.1. The van der Waals surface area contributed by atoms with E-state index in [2.05, 4.69) is 60.1 Å². The number of rotatable bonds is 5. The largest absolute Gasteiger partial charge is 0.359 e. The third-order valence-corrected chi connectivity index (χ3v) is 6.52. The number of benzene rings is 1. The third-order valence-electron chi connectivity index (χ3n) is 6.52. The molecule has 140 valence electrons. The summed E-state index contributed by atoms with van der Waals surface area (Å²) in [7, 11) is 1.72. The van der Waals surface area contributed by atoms with Crippen LogP contribution < -0.4 is 5.32 Å². The number of aromatic nitrogens is 3. The van der Waals surface area contributed by atoms with Gasteiger partial charge in [-0.1, -0.05) is 51.1 Å². The molecule has 3 rings (SSSR count). The highest BCUT2D eigenvalue weighted by Gasteiger charge is 2.56. The number of amides is 1. The molecule has 0 saturated heterocycles. The SMILES string of the molecule is CNC(=O)[C@H]1CC[C@@](C)(c2nc(C)nn2CCc2ccccc2)C1(C)C. The van der Waals surface area contributed by atoms with Gasteiger partial charge in [0.05, 0.1) is 0 Å². The molecule has 1 amide bonds. The topological polar surface area (TPSA) is 59.8 Å².